The molecule has 3 nitrogen and oxygen atoms in total. The molecular weight excluding hydrogens is 260 g/mol. The quantitative estimate of drug-likeness (QED) is 0.510. The maximum atomic E-state index is 12.4. The standard InChI is InChI=1S/C5H4F8O3/c6-2(7,1(14)3(8,9)10)4(15,16)5(11,12)13/h1,14-16H. The molecule has 0 bridgehead atoms. The maximum Gasteiger partial charge on any atom is 0.449 e. The molecule has 0 aromatic heterocycles. The number of aliphatic hydroxyl groups is 3. The third-order valence-corrected chi connectivity index (χ3v) is 1.51. The zero-order valence-electron chi connectivity index (χ0n) is 6.94. The molecule has 0 radical (unpaired) electrons. The van der Waals surface area contributed by atoms with Crippen LogP contribution in [0.3, 0.4) is 0 Å². The fourth-order valence-corrected chi connectivity index (χ4v) is 0.585. The van der Waals surface area contributed by atoms with Crippen LogP contribution in [0.15, 0.2) is 0 Å². The minimum absolute atomic E-state index is 4.86. The lowest BCUT2D eigenvalue weighted by Crippen LogP contribution is -2.66. The number of aliphatic hydroxyl groups excluding tert-OH is 1. The van der Waals surface area contributed by atoms with E-state index in [9.17, 15) is 35.1 Å². The Hall–Kier alpha value is -0.680. The molecule has 16 heavy (non-hydrogen) atoms. The number of rotatable bonds is 2. The monoisotopic (exact) mass is 264 g/mol. The smallest absolute Gasteiger partial charge is 0.379 e. The summed E-state index contributed by atoms with van der Waals surface area (Å²) >= 11 is 0. The summed E-state index contributed by atoms with van der Waals surface area (Å²) in [6.07, 6.45) is -17.5. The Morgan fingerprint density at radius 2 is 1.06 bits per heavy atom. The molecule has 0 aromatic carbocycles. The van der Waals surface area contributed by atoms with Crippen LogP contribution in [-0.4, -0.2) is 45.5 Å². The largest absolute Gasteiger partial charge is 0.449 e. The van der Waals surface area contributed by atoms with E-state index in [1.54, 1.807) is 0 Å². The van der Waals surface area contributed by atoms with E-state index >= 15 is 0 Å². The average Bonchev–Trinajstić information content (AvgIpc) is 1.98. The van der Waals surface area contributed by atoms with Gasteiger partial charge in [-0.3, -0.25) is 0 Å². The van der Waals surface area contributed by atoms with Crippen molar-refractivity contribution in [2.75, 3.05) is 0 Å². The zero-order chi connectivity index (χ0) is 13.6. The van der Waals surface area contributed by atoms with Gasteiger partial charge in [0.05, 0.1) is 0 Å². The third-order valence-electron chi connectivity index (χ3n) is 1.51. The van der Waals surface area contributed by atoms with Crippen LogP contribution in [0.5, 0.6) is 0 Å². The molecule has 0 amide bonds. The molecule has 0 aromatic rings. The first-order chi connectivity index (χ1) is 6.65. The van der Waals surface area contributed by atoms with Crippen LogP contribution in [0.1, 0.15) is 0 Å². The summed E-state index contributed by atoms with van der Waals surface area (Å²) in [6, 6.07) is 0. The van der Waals surface area contributed by atoms with Crippen molar-refractivity contribution < 1.29 is 50.4 Å². The minimum atomic E-state index is -6.47. The van der Waals surface area contributed by atoms with Gasteiger partial charge in [0.25, 0.3) is 0 Å². The van der Waals surface area contributed by atoms with Gasteiger partial charge in [-0.2, -0.15) is 35.1 Å². The summed E-state index contributed by atoms with van der Waals surface area (Å²) < 4.78 is 94.3. The van der Waals surface area contributed by atoms with Crippen molar-refractivity contribution in [3.8, 4) is 0 Å². The highest BCUT2D eigenvalue weighted by Crippen LogP contribution is 2.45. The molecule has 0 heterocycles. The summed E-state index contributed by atoms with van der Waals surface area (Å²) in [7, 11) is 0. The molecule has 0 aliphatic carbocycles. The van der Waals surface area contributed by atoms with Crippen LogP contribution in [0.4, 0.5) is 35.1 Å². The first kappa shape index (κ1) is 15.3. The highest BCUT2D eigenvalue weighted by molar-refractivity contribution is 4.97. The first-order valence-corrected chi connectivity index (χ1v) is 3.29. The van der Waals surface area contributed by atoms with Crippen LogP contribution in [-0.2, 0) is 0 Å². The lowest BCUT2D eigenvalue weighted by Gasteiger charge is -2.35. The summed E-state index contributed by atoms with van der Waals surface area (Å²) in [5.41, 5.74) is 0. The van der Waals surface area contributed by atoms with E-state index < -0.39 is 30.2 Å². The topological polar surface area (TPSA) is 60.7 Å². The summed E-state index contributed by atoms with van der Waals surface area (Å²) in [4.78, 5) is 0. The molecule has 98 valence electrons. The third kappa shape index (κ3) is 2.35. The van der Waals surface area contributed by atoms with Crippen LogP contribution >= 0.6 is 0 Å². The van der Waals surface area contributed by atoms with E-state index in [2.05, 4.69) is 0 Å². The highest BCUT2D eigenvalue weighted by Gasteiger charge is 2.75. The Labute approximate surface area is 81.9 Å². The van der Waals surface area contributed by atoms with Crippen LogP contribution < -0.4 is 0 Å². The van der Waals surface area contributed by atoms with Crippen LogP contribution in [0.25, 0.3) is 0 Å². The van der Waals surface area contributed by atoms with Gasteiger partial charge in [0.15, 0.2) is 0 Å². The second-order valence-electron chi connectivity index (χ2n) is 2.74. The van der Waals surface area contributed by atoms with Crippen molar-refractivity contribution in [2.24, 2.45) is 0 Å². The highest BCUT2D eigenvalue weighted by atomic mass is 19.4. The van der Waals surface area contributed by atoms with E-state index in [1.807, 2.05) is 0 Å². The van der Waals surface area contributed by atoms with Crippen molar-refractivity contribution >= 4 is 0 Å². The summed E-state index contributed by atoms with van der Waals surface area (Å²) in [5, 5.41) is 23.8. The number of halogens is 8. The van der Waals surface area contributed by atoms with Gasteiger partial charge in [-0.05, 0) is 0 Å². The Balaban J connectivity index is 5.37. The van der Waals surface area contributed by atoms with Gasteiger partial charge in [-0.25, -0.2) is 0 Å². The van der Waals surface area contributed by atoms with Gasteiger partial charge in [0, 0.05) is 0 Å². The maximum absolute atomic E-state index is 12.4. The minimum Gasteiger partial charge on any atom is -0.379 e. The molecule has 0 fully saturated rings. The van der Waals surface area contributed by atoms with Crippen LogP contribution in [0.2, 0.25) is 0 Å². The number of hydrogen-bond acceptors (Lipinski definition) is 3. The van der Waals surface area contributed by atoms with Crippen molar-refractivity contribution in [3.63, 3.8) is 0 Å². The molecule has 0 spiro atoms. The van der Waals surface area contributed by atoms with E-state index in [-0.39, 0.29) is 0 Å². The molecule has 1 unspecified atom stereocenters. The average molecular weight is 264 g/mol. The normalized spacial score (nSPS) is 17.4. The first-order valence-electron chi connectivity index (χ1n) is 3.29. The molecular formula is C5H4F8O3. The number of hydrogen-bond donors (Lipinski definition) is 3. The molecule has 1 atom stereocenters. The molecule has 3 N–H and O–H groups in total. The van der Waals surface area contributed by atoms with Crippen molar-refractivity contribution in [3.05, 3.63) is 0 Å². The predicted octanol–water partition coefficient (Wildman–Crippen LogP) is 0.788. The van der Waals surface area contributed by atoms with Crippen LogP contribution in [0, 0.1) is 0 Å². The molecule has 11 heteroatoms. The molecule has 0 saturated carbocycles. The van der Waals surface area contributed by atoms with Crippen molar-refractivity contribution in [1.29, 1.82) is 0 Å². The van der Waals surface area contributed by atoms with E-state index in [1.165, 1.54) is 0 Å². The van der Waals surface area contributed by atoms with Gasteiger partial charge < -0.3 is 15.3 Å². The Kier molecular flexibility index (Phi) is 3.51. The molecule has 0 aliphatic heterocycles. The molecule has 0 saturated heterocycles. The van der Waals surface area contributed by atoms with Gasteiger partial charge in [0.1, 0.15) is 0 Å². The fourth-order valence-electron chi connectivity index (χ4n) is 0.585. The van der Waals surface area contributed by atoms with E-state index in [0.717, 1.165) is 0 Å². The predicted molar refractivity (Wildman–Crippen MR) is 30.2 cm³/mol. The van der Waals surface area contributed by atoms with Gasteiger partial charge in [0.2, 0.25) is 6.10 Å². The Morgan fingerprint density at radius 1 is 0.750 bits per heavy atom. The summed E-state index contributed by atoms with van der Waals surface area (Å²) in [6.45, 7) is 0. The van der Waals surface area contributed by atoms with Gasteiger partial charge in [-0.1, -0.05) is 0 Å². The SMILES string of the molecule is OC(C(F)(F)F)C(F)(F)C(O)(O)C(F)(F)F. The fraction of sp³-hybridized carbons (Fsp3) is 1.00. The second-order valence-corrected chi connectivity index (χ2v) is 2.74. The second kappa shape index (κ2) is 3.67. The van der Waals surface area contributed by atoms with Crippen molar-refractivity contribution in [2.45, 2.75) is 30.2 Å². The van der Waals surface area contributed by atoms with Gasteiger partial charge >= 0.3 is 24.1 Å². The van der Waals surface area contributed by atoms with Crippen molar-refractivity contribution in [1.82, 2.24) is 0 Å². The molecule has 0 aliphatic rings. The lowest BCUT2D eigenvalue weighted by molar-refractivity contribution is -0.444. The number of alkyl halides is 8. The lowest BCUT2D eigenvalue weighted by atomic mass is 10.0. The van der Waals surface area contributed by atoms with E-state index in [0.29, 0.717) is 0 Å². The molecule has 0 rings (SSSR count). The van der Waals surface area contributed by atoms with Gasteiger partial charge in [-0.15, -0.1) is 0 Å². The zero-order valence-corrected chi connectivity index (χ0v) is 6.94. The Bertz CT molecular complexity index is 253. The summed E-state index contributed by atoms with van der Waals surface area (Å²) in [5.74, 6) is -12.3. The van der Waals surface area contributed by atoms with E-state index in [4.69, 9.17) is 15.3 Å². The Morgan fingerprint density at radius 3 is 1.25 bits per heavy atom.